The Morgan fingerprint density at radius 3 is 1.50 bits per heavy atom. The third kappa shape index (κ3) is 4.66. The summed E-state index contributed by atoms with van der Waals surface area (Å²) >= 11 is 5.31. The summed E-state index contributed by atoms with van der Waals surface area (Å²) in [5.41, 5.74) is -1.33. The van der Waals surface area contributed by atoms with Crippen molar-refractivity contribution >= 4 is 23.5 Å². The van der Waals surface area contributed by atoms with Gasteiger partial charge in [-0.25, -0.2) is 31.5 Å². The highest BCUT2D eigenvalue weighted by atomic mass is 35.5. The fourth-order valence-electron chi connectivity index (χ4n) is 1.37. The van der Waals surface area contributed by atoms with Gasteiger partial charge in [-0.1, -0.05) is 11.6 Å². The Balaban J connectivity index is 0.000000240. The molecule has 0 bridgehead atoms. The second-order valence-corrected chi connectivity index (χ2v) is 4.51. The van der Waals surface area contributed by atoms with Crippen molar-refractivity contribution in [1.82, 2.24) is 0 Å². The first-order valence-corrected chi connectivity index (χ1v) is 6.18. The van der Waals surface area contributed by atoms with Gasteiger partial charge in [0.2, 0.25) is 0 Å². The number of aromatic carboxylic acids is 2. The van der Waals surface area contributed by atoms with Crippen molar-refractivity contribution in [3.63, 3.8) is 0 Å². The van der Waals surface area contributed by atoms with E-state index in [9.17, 15) is 31.5 Å². The molecule has 0 unspecified atom stereocenters. The lowest BCUT2D eigenvalue weighted by atomic mass is 10.2. The molecule has 0 radical (unpaired) electrons. The minimum atomic E-state index is -1.63. The fraction of sp³-hybridized carbons (Fsp3) is 0. The fourth-order valence-corrected chi connectivity index (χ4v) is 1.60. The van der Waals surface area contributed by atoms with Crippen LogP contribution in [0, 0.1) is 29.1 Å². The van der Waals surface area contributed by atoms with Gasteiger partial charge in [0.05, 0.1) is 16.1 Å². The van der Waals surface area contributed by atoms with E-state index in [1.807, 2.05) is 0 Å². The molecule has 0 aliphatic heterocycles. The van der Waals surface area contributed by atoms with Crippen LogP contribution in [0.15, 0.2) is 24.3 Å². The van der Waals surface area contributed by atoms with Crippen molar-refractivity contribution in [3.05, 3.63) is 69.5 Å². The van der Waals surface area contributed by atoms with Crippen LogP contribution in [0.5, 0.6) is 0 Å². The van der Waals surface area contributed by atoms with Crippen molar-refractivity contribution in [2.45, 2.75) is 0 Å². The first kappa shape index (κ1) is 19.4. The molecule has 2 N–H and O–H groups in total. The van der Waals surface area contributed by atoms with E-state index < -0.39 is 52.2 Å². The predicted octanol–water partition coefficient (Wildman–Crippen LogP) is 4.12. The van der Waals surface area contributed by atoms with Gasteiger partial charge in [0.25, 0.3) is 0 Å². The molecule has 128 valence electrons. The summed E-state index contributed by atoms with van der Waals surface area (Å²) < 4.78 is 61.8. The van der Waals surface area contributed by atoms with E-state index in [2.05, 4.69) is 0 Å². The summed E-state index contributed by atoms with van der Waals surface area (Å²) in [4.78, 5) is 20.5. The molecule has 2 rings (SSSR count). The minimum absolute atomic E-state index is 0.193. The van der Waals surface area contributed by atoms with E-state index in [0.717, 1.165) is 0 Å². The molecule has 0 saturated heterocycles. The summed E-state index contributed by atoms with van der Waals surface area (Å²) in [7, 11) is 0. The molecule has 2 aromatic carbocycles. The Labute approximate surface area is 135 Å². The largest absolute Gasteiger partial charge is 0.478 e. The zero-order valence-electron chi connectivity index (χ0n) is 11.3. The number of hydrogen-bond acceptors (Lipinski definition) is 2. The van der Waals surface area contributed by atoms with Gasteiger partial charge in [0.15, 0.2) is 23.3 Å². The Hall–Kier alpha value is -2.68. The van der Waals surface area contributed by atoms with E-state index in [4.69, 9.17) is 21.8 Å². The summed E-state index contributed by atoms with van der Waals surface area (Å²) in [6, 6.07) is 1.66. The lowest BCUT2D eigenvalue weighted by Gasteiger charge is -1.98. The average Bonchev–Trinajstić information content (AvgIpc) is 2.46. The molecule has 24 heavy (non-hydrogen) atoms. The summed E-state index contributed by atoms with van der Waals surface area (Å²) in [6.45, 7) is 0. The monoisotopic (exact) mass is 368 g/mol. The van der Waals surface area contributed by atoms with Crippen LogP contribution in [0.25, 0.3) is 0 Å². The molecular formula is C14H6ClF5O4. The van der Waals surface area contributed by atoms with Crippen molar-refractivity contribution in [2.24, 2.45) is 0 Å². The van der Waals surface area contributed by atoms with Crippen LogP contribution in [-0.2, 0) is 0 Å². The Morgan fingerprint density at radius 2 is 1.04 bits per heavy atom. The Kier molecular flexibility index (Phi) is 6.24. The maximum Gasteiger partial charge on any atom is 0.338 e. The molecule has 4 nitrogen and oxygen atoms in total. The van der Waals surface area contributed by atoms with E-state index in [1.165, 1.54) is 0 Å². The number of carboxylic acids is 2. The highest BCUT2D eigenvalue weighted by Crippen LogP contribution is 2.19. The summed E-state index contributed by atoms with van der Waals surface area (Å²) in [6.07, 6.45) is 0. The van der Waals surface area contributed by atoms with Crippen LogP contribution < -0.4 is 0 Å². The number of benzene rings is 2. The van der Waals surface area contributed by atoms with Crippen LogP contribution in [0.4, 0.5) is 22.0 Å². The molecule has 0 aliphatic rings. The second-order valence-electron chi connectivity index (χ2n) is 4.10. The SMILES string of the molecule is O=C(O)c1cc(F)c(F)cc1Cl.O=C(O)c1cc(F)c(F)cc1F. The number of carboxylic acid groups (broad SMARTS) is 2. The van der Waals surface area contributed by atoms with Crippen LogP contribution in [0.1, 0.15) is 20.7 Å². The predicted molar refractivity (Wildman–Crippen MR) is 71.6 cm³/mol. The maximum absolute atomic E-state index is 12.5. The standard InChI is InChI=1S/C7H3ClF2O2.C7H3F3O2/c2*8-4-2-6(10)5(9)1-3(4)7(11)12/h2*1-2H,(H,11,12). The molecule has 0 amide bonds. The second kappa shape index (κ2) is 7.73. The van der Waals surface area contributed by atoms with E-state index in [1.54, 1.807) is 0 Å². The van der Waals surface area contributed by atoms with Crippen molar-refractivity contribution in [3.8, 4) is 0 Å². The molecule has 0 spiro atoms. The van der Waals surface area contributed by atoms with Crippen molar-refractivity contribution < 1.29 is 41.8 Å². The first-order valence-electron chi connectivity index (χ1n) is 5.80. The van der Waals surface area contributed by atoms with Crippen LogP contribution >= 0.6 is 11.6 Å². The van der Waals surface area contributed by atoms with Crippen LogP contribution in [-0.4, -0.2) is 22.2 Å². The molecule has 0 aliphatic carbocycles. The number of rotatable bonds is 2. The van der Waals surface area contributed by atoms with Gasteiger partial charge in [0, 0.05) is 6.07 Å². The Morgan fingerprint density at radius 1 is 0.667 bits per heavy atom. The molecule has 0 saturated carbocycles. The normalized spacial score (nSPS) is 9.92. The first-order chi connectivity index (χ1) is 11.0. The summed E-state index contributed by atoms with van der Waals surface area (Å²) in [5.74, 6) is -9.49. The van der Waals surface area contributed by atoms with E-state index in [0.29, 0.717) is 18.2 Å². The highest BCUT2D eigenvalue weighted by molar-refractivity contribution is 6.33. The molecule has 0 heterocycles. The van der Waals surface area contributed by atoms with Gasteiger partial charge < -0.3 is 10.2 Å². The average molecular weight is 369 g/mol. The highest BCUT2D eigenvalue weighted by Gasteiger charge is 2.14. The molecule has 0 fully saturated rings. The van der Waals surface area contributed by atoms with E-state index in [-0.39, 0.29) is 11.1 Å². The molecule has 2 aromatic rings. The van der Waals surface area contributed by atoms with Crippen LogP contribution in [0.3, 0.4) is 0 Å². The van der Waals surface area contributed by atoms with Gasteiger partial charge in [-0.3, -0.25) is 0 Å². The zero-order valence-corrected chi connectivity index (χ0v) is 12.0. The summed E-state index contributed by atoms with van der Waals surface area (Å²) in [5, 5.41) is 16.3. The topological polar surface area (TPSA) is 74.6 Å². The van der Waals surface area contributed by atoms with Crippen molar-refractivity contribution in [2.75, 3.05) is 0 Å². The van der Waals surface area contributed by atoms with Gasteiger partial charge >= 0.3 is 11.9 Å². The van der Waals surface area contributed by atoms with Gasteiger partial charge in [0.1, 0.15) is 5.82 Å². The van der Waals surface area contributed by atoms with Gasteiger partial charge in [-0.15, -0.1) is 0 Å². The molecular weight excluding hydrogens is 363 g/mol. The third-order valence-electron chi connectivity index (χ3n) is 2.48. The maximum atomic E-state index is 12.5. The zero-order chi connectivity index (χ0) is 18.6. The molecule has 0 aromatic heterocycles. The smallest absolute Gasteiger partial charge is 0.338 e. The molecule has 10 heteroatoms. The van der Waals surface area contributed by atoms with E-state index >= 15 is 0 Å². The lowest BCUT2D eigenvalue weighted by molar-refractivity contribution is 0.0682. The number of halogens is 6. The van der Waals surface area contributed by atoms with Crippen molar-refractivity contribution in [1.29, 1.82) is 0 Å². The quantitative estimate of drug-likeness (QED) is 0.617. The Bertz CT molecular complexity index is 743. The van der Waals surface area contributed by atoms with Gasteiger partial charge in [-0.05, 0) is 18.2 Å². The lowest BCUT2D eigenvalue weighted by Crippen LogP contribution is -2.02. The van der Waals surface area contributed by atoms with Crippen LogP contribution in [0.2, 0.25) is 5.02 Å². The number of carbonyl (C=O) groups is 2. The van der Waals surface area contributed by atoms with Gasteiger partial charge in [-0.2, -0.15) is 0 Å². The molecule has 0 atom stereocenters. The minimum Gasteiger partial charge on any atom is -0.478 e. The third-order valence-corrected chi connectivity index (χ3v) is 2.79. The number of hydrogen-bond donors (Lipinski definition) is 2.